The smallest absolute Gasteiger partial charge is 0.112 e. The van der Waals surface area contributed by atoms with Crippen LogP contribution in [0.4, 0.5) is 0 Å². The van der Waals surface area contributed by atoms with Crippen molar-refractivity contribution in [2.24, 2.45) is 0 Å². The average Bonchev–Trinajstić information content (AvgIpc) is 2.78. The third-order valence-electron chi connectivity index (χ3n) is 4.38. The highest BCUT2D eigenvalue weighted by Gasteiger charge is 2.45. The maximum atomic E-state index is 11.2. The van der Waals surface area contributed by atoms with E-state index < -0.39 is 5.60 Å². The van der Waals surface area contributed by atoms with E-state index in [4.69, 9.17) is 4.74 Å². The van der Waals surface area contributed by atoms with E-state index in [-0.39, 0.29) is 5.60 Å². The zero-order chi connectivity index (χ0) is 15.7. The molecule has 2 unspecified atom stereocenters. The van der Waals surface area contributed by atoms with Crippen LogP contribution in [-0.2, 0) is 16.9 Å². The van der Waals surface area contributed by atoms with E-state index in [0.29, 0.717) is 19.4 Å². The molecule has 2 rings (SSSR count). The minimum atomic E-state index is -0.884. The summed E-state index contributed by atoms with van der Waals surface area (Å²) >= 11 is 3.56. The van der Waals surface area contributed by atoms with Crippen molar-refractivity contribution in [2.75, 3.05) is 27.2 Å². The van der Waals surface area contributed by atoms with Crippen LogP contribution in [0.3, 0.4) is 0 Å². The molecule has 1 N–H and O–H groups in total. The third kappa shape index (κ3) is 3.67. The van der Waals surface area contributed by atoms with Crippen molar-refractivity contribution >= 4 is 15.9 Å². The minimum absolute atomic E-state index is 0.275. The fourth-order valence-corrected chi connectivity index (χ4v) is 3.61. The monoisotopic (exact) mass is 359 g/mol. The molecular weight excluding hydrogens is 334 g/mol. The topological polar surface area (TPSA) is 50.5 Å². The summed E-state index contributed by atoms with van der Waals surface area (Å²) in [6.45, 7) is 6.40. The predicted molar refractivity (Wildman–Crippen MR) is 86.3 cm³/mol. The fourth-order valence-electron chi connectivity index (χ4n) is 2.94. The summed E-state index contributed by atoms with van der Waals surface area (Å²) in [7, 11) is 4.07. The number of hydrogen-bond acceptors (Lipinski definition) is 4. The van der Waals surface area contributed by atoms with Gasteiger partial charge in [-0.3, -0.25) is 4.68 Å². The second kappa shape index (κ2) is 6.36. The Morgan fingerprint density at radius 1 is 1.52 bits per heavy atom. The van der Waals surface area contributed by atoms with Gasteiger partial charge >= 0.3 is 0 Å². The van der Waals surface area contributed by atoms with Gasteiger partial charge in [-0.15, -0.1) is 0 Å². The van der Waals surface area contributed by atoms with Crippen molar-refractivity contribution in [3.8, 4) is 0 Å². The Morgan fingerprint density at radius 3 is 2.86 bits per heavy atom. The van der Waals surface area contributed by atoms with E-state index in [1.807, 2.05) is 18.8 Å². The zero-order valence-electron chi connectivity index (χ0n) is 13.4. The fraction of sp³-hybridized carbons (Fsp3) is 0.800. The van der Waals surface area contributed by atoms with E-state index in [0.717, 1.165) is 29.7 Å². The Morgan fingerprint density at radius 2 is 2.24 bits per heavy atom. The van der Waals surface area contributed by atoms with Gasteiger partial charge in [-0.05, 0) is 43.4 Å². The lowest BCUT2D eigenvalue weighted by Crippen LogP contribution is -2.46. The molecule has 1 aliphatic rings. The summed E-state index contributed by atoms with van der Waals surface area (Å²) in [6.07, 6.45) is 3.87. The molecule has 5 nitrogen and oxygen atoms in total. The average molecular weight is 360 g/mol. The summed E-state index contributed by atoms with van der Waals surface area (Å²) in [5.74, 6) is 0. The molecule has 0 bridgehead atoms. The molecule has 0 radical (unpaired) electrons. The predicted octanol–water partition coefficient (Wildman–Crippen LogP) is 2.37. The van der Waals surface area contributed by atoms with Gasteiger partial charge in [0.15, 0.2) is 0 Å². The Balaban J connectivity index is 2.29. The maximum absolute atomic E-state index is 11.2. The Hall–Kier alpha value is -0.430. The summed E-state index contributed by atoms with van der Waals surface area (Å²) < 4.78 is 8.67. The highest BCUT2D eigenvalue weighted by molar-refractivity contribution is 9.10. The van der Waals surface area contributed by atoms with E-state index in [9.17, 15) is 5.11 Å². The Kier molecular flexibility index (Phi) is 5.13. The summed E-state index contributed by atoms with van der Waals surface area (Å²) in [6, 6.07) is 0. The highest BCUT2D eigenvalue weighted by Crippen LogP contribution is 2.43. The van der Waals surface area contributed by atoms with Gasteiger partial charge in [-0.2, -0.15) is 5.10 Å². The molecule has 21 heavy (non-hydrogen) atoms. The maximum Gasteiger partial charge on any atom is 0.112 e. The molecule has 1 aliphatic heterocycles. The van der Waals surface area contributed by atoms with Crippen LogP contribution in [0.2, 0.25) is 0 Å². The second-order valence-corrected chi connectivity index (χ2v) is 7.33. The third-order valence-corrected chi connectivity index (χ3v) is 4.96. The van der Waals surface area contributed by atoms with Gasteiger partial charge in [0.2, 0.25) is 0 Å². The number of nitrogens with zero attached hydrogens (tertiary/aromatic N) is 3. The molecule has 120 valence electrons. The lowest BCUT2D eigenvalue weighted by molar-refractivity contribution is -0.160. The van der Waals surface area contributed by atoms with Crippen molar-refractivity contribution in [2.45, 2.75) is 50.9 Å². The molecule has 0 saturated carbocycles. The van der Waals surface area contributed by atoms with Crippen LogP contribution >= 0.6 is 15.9 Å². The molecule has 2 atom stereocenters. The normalized spacial score (nSPS) is 30.0. The number of aliphatic hydroxyl groups is 1. The van der Waals surface area contributed by atoms with Crippen molar-refractivity contribution < 1.29 is 9.84 Å². The van der Waals surface area contributed by atoms with Gasteiger partial charge in [-0.1, -0.05) is 6.92 Å². The van der Waals surface area contributed by atoms with Crippen molar-refractivity contribution in [3.05, 3.63) is 16.4 Å². The summed E-state index contributed by atoms with van der Waals surface area (Å²) in [4.78, 5) is 2.11. The first kappa shape index (κ1) is 16.9. The van der Waals surface area contributed by atoms with Crippen LogP contribution in [0.15, 0.2) is 10.7 Å². The molecule has 1 aromatic rings. The molecule has 6 heteroatoms. The summed E-state index contributed by atoms with van der Waals surface area (Å²) in [5.41, 5.74) is -0.277. The second-order valence-electron chi connectivity index (χ2n) is 6.48. The number of ether oxygens (including phenoxy) is 1. The quantitative estimate of drug-likeness (QED) is 0.876. The van der Waals surface area contributed by atoms with Crippen LogP contribution in [0.1, 0.15) is 38.8 Å². The van der Waals surface area contributed by atoms with Crippen molar-refractivity contribution in [3.63, 3.8) is 0 Å². The van der Waals surface area contributed by atoms with Gasteiger partial charge in [0.05, 0.1) is 35.1 Å². The molecule has 1 aromatic heterocycles. The highest BCUT2D eigenvalue weighted by atomic mass is 79.9. The van der Waals surface area contributed by atoms with Gasteiger partial charge in [0.1, 0.15) is 5.60 Å². The van der Waals surface area contributed by atoms with E-state index in [1.54, 1.807) is 6.20 Å². The number of rotatable bonds is 5. The molecule has 0 spiro atoms. The van der Waals surface area contributed by atoms with Crippen molar-refractivity contribution in [1.82, 2.24) is 14.7 Å². The van der Waals surface area contributed by atoms with Gasteiger partial charge in [0, 0.05) is 19.4 Å². The number of likely N-dealkylation sites (N-methyl/N-ethyl adjacent to an activating group) is 1. The Bertz CT molecular complexity index is 491. The van der Waals surface area contributed by atoms with Crippen LogP contribution in [0.25, 0.3) is 0 Å². The largest absolute Gasteiger partial charge is 0.383 e. The lowest BCUT2D eigenvalue weighted by Gasteiger charge is -2.43. The number of hydrogen-bond donors (Lipinski definition) is 1. The number of aromatic nitrogens is 2. The van der Waals surface area contributed by atoms with E-state index in [2.05, 4.69) is 39.8 Å². The van der Waals surface area contributed by atoms with Crippen LogP contribution in [0, 0.1) is 0 Å². The van der Waals surface area contributed by atoms with Crippen LogP contribution < -0.4 is 0 Å². The van der Waals surface area contributed by atoms with Gasteiger partial charge in [-0.25, -0.2) is 0 Å². The van der Waals surface area contributed by atoms with E-state index >= 15 is 0 Å². The minimum Gasteiger partial charge on any atom is -0.383 e. The first-order valence-electron chi connectivity index (χ1n) is 7.52. The summed E-state index contributed by atoms with van der Waals surface area (Å²) in [5, 5.41) is 15.7. The zero-order valence-corrected chi connectivity index (χ0v) is 15.0. The first-order valence-corrected chi connectivity index (χ1v) is 8.32. The van der Waals surface area contributed by atoms with Crippen LogP contribution in [0.5, 0.6) is 0 Å². The van der Waals surface area contributed by atoms with Gasteiger partial charge < -0.3 is 14.7 Å². The number of halogens is 1. The SMILES string of the molecule is CCC1(C)CC(O)(c2c(Br)cnn2CCN(C)C)CCO1. The van der Waals surface area contributed by atoms with Gasteiger partial charge in [0.25, 0.3) is 0 Å². The standard InChI is InChI=1S/C15H26BrN3O2/c1-5-14(2)11-15(20,6-9-21-14)13-12(16)10-17-19(13)8-7-18(3)4/h10,20H,5-9,11H2,1-4H3. The molecule has 2 heterocycles. The Labute approximate surface area is 135 Å². The molecule has 1 saturated heterocycles. The van der Waals surface area contributed by atoms with Crippen LogP contribution in [-0.4, -0.2) is 52.6 Å². The first-order chi connectivity index (χ1) is 9.80. The lowest BCUT2D eigenvalue weighted by atomic mass is 9.80. The van der Waals surface area contributed by atoms with E-state index in [1.165, 1.54) is 0 Å². The molecule has 1 fully saturated rings. The molecule has 0 aromatic carbocycles. The molecule has 0 aliphatic carbocycles. The molecular formula is C15H26BrN3O2. The van der Waals surface area contributed by atoms with Crippen molar-refractivity contribution in [1.29, 1.82) is 0 Å². The molecule has 0 amide bonds.